The fourth-order valence-corrected chi connectivity index (χ4v) is 3.40. The number of amides is 1. The molecule has 1 heterocycles. The van der Waals surface area contributed by atoms with Crippen molar-refractivity contribution in [1.82, 2.24) is 9.55 Å². The van der Waals surface area contributed by atoms with Crippen LogP contribution in [0.5, 0.6) is 0 Å². The summed E-state index contributed by atoms with van der Waals surface area (Å²) in [6.07, 6.45) is 0.294. The lowest BCUT2D eigenvalue weighted by Gasteiger charge is -2.19. The lowest BCUT2D eigenvalue weighted by atomic mass is 10.0. The van der Waals surface area contributed by atoms with Crippen molar-refractivity contribution < 1.29 is 13.9 Å². The summed E-state index contributed by atoms with van der Waals surface area (Å²) in [6.45, 7) is 2.34. The molecule has 0 saturated carbocycles. The Labute approximate surface area is 190 Å². The van der Waals surface area contributed by atoms with Gasteiger partial charge < -0.3 is 15.4 Å². The van der Waals surface area contributed by atoms with E-state index in [1.807, 2.05) is 30.3 Å². The molecule has 0 saturated heterocycles. The van der Waals surface area contributed by atoms with Crippen molar-refractivity contribution >= 4 is 17.4 Å². The highest BCUT2D eigenvalue weighted by molar-refractivity contribution is 5.94. The summed E-state index contributed by atoms with van der Waals surface area (Å²) < 4.78 is 19.8. The van der Waals surface area contributed by atoms with Gasteiger partial charge in [0.2, 0.25) is 5.91 Å². The molecule has 1 aromatic heterocycles. The lowest BCUT2D eigenvalue weighted by molar-refractivity contribution is -0.119. The Morgan fingerprint density at radius 3 is 2.55 bits per heavy atom. The molecular weight excluding hydrogens is 427 g/mol. The van der Waals surface area contributed by atoms with Crippen molar-refractivity contribution in [1.29, 1.82) is 0 Å². The van der Waals surface area contributed by atoms with Crippen molar-refractivity contribution in [2.75, 3.05) is 24.4 Å². The van der Waals surface area contributed by atoms with Crippen molar-refractivity contribution in [2.45, 2.75) is 26.4 Å². The molecule has 0 spiro atoms. The molecule has 1 amide bonds. The number of nitrogens with zero attached hydrogens (tertiary/aromatic N) is 1. The van der Waals surface area contributed by atoms with Crippen LogP contribution in [-0.4, -0.2) is 29.2 Å². The van der Waals surface area contributed by atoms with Crippen molar-refractivity contribution in [3.63, 3.8) is 0 Å². The molecule has 0 bridgehead atoms. The van der Waals surface area contributed by atoms with E-state index in [0.29, 0.717) is 18.5 Å². The number of halogens is 1. The highest BCUT2D eigenvalue weighted by Gasteiger charge is 2.21. The van der Waals surface area contributed by atoms with Gasteiger partial charge in [0, 0.05) is 19.6 Å². The first-order valence-corrected chi connectivity index (χ1v) is 10.6. The Hall–Kier alpha value is -3.72. The molecule has 3 aromatic rings. The molecule has 0 aliphatic rings. The molecule has 0 aliphatic carbocycles. The van der Waals surface area contributed by atoms with E-state index in [0.717, 1.165) is 5.56 Å². The fourth-order valence-electron chi connectivity index (χ4n) is 3.40. The molecule has 3 N–H and O–H groups in total. The van der Waals surface area contributed by atoms with Crippen molar-refractivity contribution in [3.8, 4) is 0 Å². The van der Waals surface area contributed by atoms with Crippen LogP contribution in [0.25, 0.3) is 0 Å². The van der Waals surface area contributed by atoms with Crippen LogP contribution in [0.2, 0.25) is 0 Å². The van der Waals surface area contributed by atoms with Gasteiger partial charge in [-0.25, -0.2) is 9.18 Å². The molecule has 1 unspecified atom stereocenters. The number of ether oxygens (including phenoxy) is 1. The first-order chi connectivity index (χ1) is 15.9. The largest absolute Gasteiger partial charge is 0.383 e. The van der Waals surface area contributed by atoms with Crippen LogP contribution in [0.3, 0.4) is 0 Å². The van der Waals surface area contributed by atoms with Gasteiger partial charge >= 0.3 is 5.69 Å². The molecule has 1 atom stereocenters. The molecule has 2 aromatic carbocycles. The second-order valence-corrected chi connectivity index (χ2v) is 7.69. The van der Waals surface area contributed by atoms with Gasteiger partial charge in [-0.05, 0) is 29.7 Å². The van der Waals surface area contributed by atoms with E-state index in [2.05, 4.69) is 15.6 Å². The van der Waals surface area contributed by atoms with Crippen molar-refractivity contribution in [3.05, 3.63) is 92.4 Å². The van der Waals surface area contributed by atoms with E-state index in [1.165, 1.54) is 23.8 Å². The third-order valence-electron chi connectivity index (χ3n) is 5.15. The quantitative estimate of drug-likeness (QED) is 0.437. The first-order valence-electron chi connectivity index (χ1n) is 10.6. The van der Waals surface area contributed by atoms with Gasteiger partial charge in [-0.3, -0.25) is 19.1 Å². The second-order valence-electron chi connectivity index (χ2n) is 7.69. The zero-order valence-corrected chi connectivity index (χ0v) is 18.6. The molecule has 33 heavy (non-hydrogen) atoms. The Balaban J connectivity index is 1.90. The van der Waals surface area contributed by atoms with Gasteiger partial charge in [0.15, 0.2) is 0 Å². The van der Waals surface area contributed by atoms with Crippen LogP contribution in [0.4, 0.5) is 15.9 Å². The third kappa shape index (κ3) is 6.39. The minimum Gasteiger partial charge on any atom is -0.383 e. The summed E-state index contributed by atoms with van der Waals surface area (Å²) in [4.78, 5) is 40.4. The monoisotopic (exact) mass is 454 g/mol. The molecule has 9 heteroatoms. The Bertz CT molecular complexity index is 1210. The molecule has 3 rings (SSSR count). The smallest absolute Gasteiger partial charge is 0.330 e. The number of nitrogens with one attached hydrogen (secondary N) is 3. The topological polar surface area (TPSA) is 105 Å². The molecule has 8 nitrogen and oxygen atoms in total. The number of anilines is 2. The average molecular weight is 455 g/mol. The zero-order chi connectivity index (χ0) is 23.8. The molecule has 0 radical (unpaired) electrons. The predicted octanol–water partition coefficient (Wildman–Crippen LogP) is 2.75. The second kappa shape index (κ2) is 11.2. The number of methoxy groups -OCH3 is 1. The Morgan fingerprint density at radius 1 is 1.12 bits per heavy atom. The van der Waals surface area contributed by atoms with E-state index >= 15 is 0 Å². The van der Waals surface area contributed by atoms with Gasteiger partial charge in [-0.2, -0.15) is 0 Å². The van der Waals surface area contributed by atoms with E-state index in [4.69, 9.17) is 4.74 Å². The van der Waals surface area contributed by atoms with Crippen LogP contribution in [-0.2, 0) is 29.0 Å². The van der Waals surface area contributed by atoms with Gasteiger partial charge in [0.25, 0.3) is 5.56 Å². The molecular formula is C24H27FN4O4. The molecule has 174 valence electrons. The lowest BCUT2D eigenvalue weighted by Crippen LogP contribution is -2.37. The highest BCUT2D eigenvalue weighted by atomic mass is 19.1. The maximum atomic E-state index is 13.5. The van der Waals surface area contributed by atoms with E-state index in [9.17, 15) is 18.8 Å². The third-order valence-corrected chi connectivity index (χ3v) is 5.15. The number of H-pyrrole nitrogens is 1. The summed E-state index contributed by atoms with van der Waals surface area (Å²) >= 11 is 0. The number of hydrogen-bond donors (Lipinski definition) is 3. The van der Waals surface area contributed by atoms with Crippen LogP contribution in [0.15, 0.2) is 64.2 Å². The van der Waals surface area contributed by atoms with Gasteiger partial charge in [0.1, 0.15) is 17.3 Å². The molecule has 0 aliphatic heterocycles. The SMILES string of the molecule is COCCn1c(NC(=O)C(C)Cc2cccc(F)c2)c(NCc2ccccc2)c(=O)[nH]c1=O. The number of aromatic nitrogens is 2. The Kier molecular flexibility index (Phi) is 8.15. The van der Waals surface area contributed by atoms with Crippen LogP contribution in [0, 0.1) is 11.7 Å². The summed E-state index contributed by atoms with van der Waals surface area (Å²) in [5.74, 6) is -1.26. The summed E-state index contributed by atoms with van der Waals surface area (Å²) in [6, 6.07) is 15.4. The minimum atomic E-state index is -0.657. The standard InChI is InChI=1S/C24H27FN4O4/c1-16(13-18-9-6-10-19(25)14-18)22(30)27-21-20(26-15-17-7-4-3-5-8-17)23(31)28-24(32)29(21)11-12-33-2/h3-10,14,16,26H,11-13,15H2,1-2H3,(H,27,30)(H,28,31,32). The van der Waals surface area contributed by atoms with E-state index in [-0.39, 0.29) is 30.5 Å². The van der Waals surface area contributed by atoms with Crippen LogP contribution >= 0.6 is 0 Å². The number of carbonyl (C=O) groups excluding carboxylic acids is 1. The maximum Gasteiger partial charge on any atom is 0.330 e. The van der Waals surface area contributed by atoms with Gasteiger partial charge in [-0.1, -0.05) is 49.4 Å². The van der Waals surface area contributed by atoms with E-state index in [1.54, 1.807) is 19.1 Å². The summed E-state index contributed by atoms with van der Waals surface area (Å²) in [5.41, 5.74) is 0.361. The fraction of sp³-hybridized carbons (Fsp3) is 0.292. The Morgan fingerprint density at radius 2 is 1.85 bits per heavy atom. The predicted molar refractivity (Wildman–Crippen MR) is 125 cm³/mol. The number of aromatic amines is 1. The number of benzene rings is 2. The average Bonchev–Trinajstić information content (AvgIpc) is 2.79. The minimum absolute atomic E-state index is 0.0628. The highest BCUT2D eigenvalue weighted by Crippen LogP contribution is 2.19. The van der Waals surface area contributed by atoms with Crippen LogP contribution < -0.4 is 21.9 Å². The summed E-state index contributed by atoms with van der Waals surface area (Å²) in [5, 5.41) is 5.77. The van der Waals surface area contributed by atoms with Gasteiger partial charge in [0.05, 0.1) is 13.2 Å². The normalized spacial score (nSPS) is 11.7. The number of carbonyl (C=O) groups is 1. The van der Waals surface area contributed by atoms with E-state index < -0.39 is 23.1 Å². The van der Waals surface area contributed by atoms with Crippen LogP contribution in [0.1, 0.15) is 18.1 Å². The maximum absolute atomic E-state index is 13.5. The first kappa shape index (κ1) is 23.9. The van der Waals surface area contributed by atoms with Crippen molar-refractivity contribution in [2.24, 2.45) is 5.92 Å². The molecule has 0 fully saturated rings. The van der Waals surface area contributed by atoms with Gasteiger partial charge in [-0.15, -0.1) is 0 Å². The number of rotatable bonds is 10. The zero-order valence-electron chi connectivity index (χ0n) is 18.6. The number of hydrogen-bond acceptors (Lipinski definition) is 5. The summed E-state index contributed by atoms with van der Waals surface area (Å²) in [7, 11) is 1.49.